The summed E-state index contributed by atoms with van der Waals surface area (Å²) in [7, 11) is -6.00. The predicted molar refractivity (Wildman–Crippen MR) is 137 cm³/mol. The fraction of sp³-hybridized carbons (Fsp3) is 0.556. The highest BCUT2D eigenvalue weighted by Crippen LogP contribution is 2.35. The maximum atomic E-state index is 9.75. The molecule has 3 rings (SSSR count). The van der Waals surface area contributed by atoms with Gasteiger partial charge in [0.15, 0.2) is 6.67 Å². The van der Waals surface area contributed by atoms with Gasteiger partial charge in [-0.15, -0.1) is 0 Å². The minimum absolute atomic E-state index is 0.545. The number of anilines is 1. The molecule has 1 N–H and O–H groups in total. The van der Waals surface area contributed by atoms with E-state index in [0.29, 0.717) is 23.7 Å². The number of halogens is 4. The number of benzene rings is 2. The van der Waals surface area contributed by atoms with E-state index in [-0.39, 0.29) is 0 Å². The zero-order valence-corrected chi connectivity index (χ0v) is 21.9. The number of nitrogens with zero attached hydrogens (tertiary/aromatic N) is 1. The van der Waals surface area contributed by atoms with Gasteiger partial charge in [-0.3, -0.25) is 4.90 Å². The van der Waals surface area contributed by atoms with Crippen molar-refractivity contribution in [3.63, 3.8) is 0 Å². The quantitative estimate of drug-likeness (QED) is 0.333. The minimum Gasteiger partial charge on any atom is -0.418 e. The summed E-state index contributed by atoms with van der Waals surface area (Å²) in [6.45, 7) is 22.0. The molecule has 1 fully saturated rings. The van der Waals surface area contributed by atoms with E-state index in [2.05, 4.69) is 96.7 Å². The van der Waals surface area contributed by atoms with Gasteiger partial charge in [-0.2, -0.15) is 0 Å². The van der Waals surface area contributed by atoms with Crippen molar-refractivity contribution >= 4 is 18.6 Å². The molecule has 0 aliphatic carbocycles. The SMILES string of the molecule is CC(C)c1cccc(N2CC[NH+](c3cccc(C(C)C)c3C(C)C)C2)c1C(C)C.F[B-](F)(F)F. The van der Waals surface area contributed by atoms with E-state index in [9.17, 15) is 17.3 Å². The molecular formula is C27H41BF4N2. The largest absolute Gasteiger partial charge is 0.673 e. The van der Waals surface area contributed by atoms with Crippen molar-refractivity contribution < 1.29 is 22.2 Å². The lowest BCUT2D eigenvalue weighted by Crippen LogP contribution is -3.06. The Morgan fingerprint density at radius 3 is 1.65 bits per heavy atom. The lowest BCUT2D eigenvalue weighted by Gasteiger charge is -2.26. The Morgan fingerprint density at radius 2 is 1.18 bits per heavy atom. The van der Waals surface area contributed by atoms with Gasteiger partial charge < -0.3 is 22.2 Å². The highest BCUT2D eigenvalue weighted by molar-refractivity contribution is 6.50. The van der Waals surface area contributed by atoms with Gasteiger partial charge in [0, 0.05) is 11.3 Å². The van der Waals surface area contributed by atoms with Crippen LogP contribution in [0, 0.1) is 0 Å². The highest BCUT2D eigenvalue weighted by atomic mass is 19.5. The number of hydrogen-bond acceptors (Lipinski definition) is 1. The maximum Gasteiger partial charge on any atom is 0.673 e. The Balaban J connectivity index is 0.000000739. The standard InChI is InChI=1S/C27H40N2.BF4/c1-18(2)22-11-9-13-24(26(22)20(5)6)28-15-16-29(17-28)25-14-10-12-23(19(3)4)27(25)21(7)8;2-1(3,4)5/h9-14,18-21H,15-17H2,1-8H3;/q;-1/p+1. The molecule has 0 spiro atoms. The molecule has 190 valence electrons. The average Bonchev–Trinajstić information content (AvgIpc) is 3.21. The van der Waals surface area contributed by atoms with Crippen molar-refractivity contribution in [3.05, 3.63) is 58.7 Å². The summed E-state index contributed by atoms with van der Waals surface area (Å²) >= 11 is 0. The van der Waals surface area contributed by atoms with Crippen molar-refractivity contribution in [2.24, 2.45) is 0 Å². The van der Waals surface area contributed by atoms with Gasteiger partial charge in [0.25, 0.3) is 0 Å². The molecule has 2 aromatic rings. The smallest absolute Gasteiger partial charge is 0.418 e. The predicted octanol–water partition coefficient (Wildman–Crippen LogP) is 7.47. The third-order valence-corrected chi connectivity index (χ3v) is 6.44. The van der Waals surface area contributed by atoms with Crippen LogP contribution in [0.4, 0.5) is 28.6 Å². The monoisotopic (exact) mass is 480 g/mol. The molecule has 2 aromatic carbocycles. The molecule has 2 nitrogen and oxygen atoms in total. The lowest BCUT2D eigenvalue weighted by atomic mass is 9.88. The van der Waals surface area contributed by atoms with Gasteiger partial charge >= 0.3 is 7.25 Å². The van der Waals surface area contributed by atoms with E-state index < -0.39 is 7.25 Å². The number of hydrogen-bond donors (Lipinski definition) is 1. The van der Waals surface area contributed by atoms with Crippen molar-refractivity contribution in [2.45, 2.75) is 79.1 Å². The summed E-state index contributed by atoms with van der Waals surface area (Å²) in [4.78, 5) is 4.24. The van der Waals surface area contributed by atoms with Gasteiger partial charge in [0.1, 0.15) is 12.2 Å². The van der Waals surface area contributed by atoms with Crippen LogP contribution in [0.15, 0.2) is 36.4 Å². The molecule has 0 saturated carbocycles. The second-order valence-electron chi connectivity index (χ2n) is 10.5. The van der Waals surface area contributed by atoms with Crippen LogP contribution in [0.2, 0.25) is 0 Å². The van der Waals surface area contributed by atoms with Crippen LogP contribution in [-0.4, -0.2) is 27.0 Å². The number of quaternary nitrogens is 1. The summed E-state index contributed by atoms with van der Waals surface area (Å²) in [6, 6.07) is 13.9. The Morgan fingerprint density at radius 1 is 0.706 bits per heavy atom. The first-order valence-corrected chi connectivity index (χ1v) is 12.4. The fourth-order valence-electron chi connectivity index (χ4n) is 5.10. The molecule has 1 heterocycles. The second-order valence-corrected chi connectivity index (χ2v) is 10.5. The molecular weight excluding hydrogens is 439 g/mol. The molecule has 0 radical (unpaired) electrons. The zero-order chi connectivity index (χ0) is 25.8. The van der Waals surface area contributed by atoms with Crippen LogP contribution in [0.25, 0.3) is 0 Å². The van der Waals surface area contributed by atoms with E-state index in [1.165, 1.54) is 29.0 Å². The normalized spacial score (nSPS) is 16.6. The Hall–Kier alpha value is -2.02. The van der Waals surface area contributed by atoms with E-state index in [4.69, 9.17) is 0 Å². The van der Waals surface area contributed by atoms with Gasteiger partial charge in [0.2, 0.25) is 0 Å². The molecule has 7 heteroatoms. The molecule has 1 aliphatic rings. The van der Waals surface area contributed by atoms with E-state index in [1.807, 2.05) is 0 Å². The number of nitrogens with one attached hydrogen (secondary N) is 1. The Labute approximate surface area is 203 Å². The molecule has 0 aromatic heterocycles. The van der Waals surface area contributed by atoms with Crippen LogP contribution < -0.4 is 9.80 Å². The lowest BCUT2D eigenvalue weighted by molar-refractivity contribution is -0.817. The minimum atomic E-state index is -6.00. The highest BCUT2D eigenvalue weighted by Gasteiger charge is 2.31. The van der Waals surface area contributed by atoms with Crippen LogP contribution in [0.1, 0.15) is 101 Å². The van der Waals surface area contributed by atoms with Gasteiger partial charge in [-0.25, -0.2) is 0 Å². The Bertz CT molecular complexity index is 863. The van der Waals surface area contributed by atoms with Crippen molar-refractivity contribution in [1.82, 2.24) is 0 Å². The van der Waals surface area contributed by atoms with Crippen LogP contribution >= 0.6 is 0 Å². The van der Waals surface area contributed by atoms with E-state index in [0.717, 1.165) is 13.2 Å². The molecule has 1 unspecified atom stereocenters. The molecule has 1 saturated heterocycles. The third kappa shape index (κ3) is 7.24. The van der Waals surface area contributed by atoms with Gasteiger partial charge in [0.05, 0.1) is 6.54 Å². The first-order chi connectivity index (χ1) is 15.7. The zero-order valence-electron chi connectivity index (χ0n) is 21.9. The van der Waals surface area contributed by atoms with Gasteiger partial charge in [-0.05, 0) is 52.5 Å². The number of rotatable bonds is 6. The molecule has 0 amide bonds. The third-order valence-electron chi connectivity index (χ3n) is 6.44. The van der Waals surface area contributed by atoms with E-state index >= 15 is 0 Å². The van der Waals surface area contributed by atoms with Crippen LogP contribution in [-0.2, 0) is 0 Å². The maximum absolute atomic E-state index is 9.75. The average molecular weight is 480 g/mol. The summed E-state index contributed by atoms with van der Waals surface area (Å²) in [5, 5.41) is 0. The van der Waals surface area contributed by atoms with Crippen LogP contribution in [0.3, 0.4) is 0 Å². The summed E-state index contributed by atoms with van der Waals surface area (Å²) in [5.41, 5.74) is 9.11. The summed E-state index contributed by atoms with van der Waals surface area (Å²) < 4.78 is 39.0. The summed E-state index contributed by atoms with van der Waals surface area (Å²) in [5.74, 6) is 2.23. The van der Waals surface area contributed by atoms with Crippen LogP contribution in [0.5, 0.6) is 0 Å². The summed E-state index contributed by atoms with van der Waals surface area (Å²) in [6.07, 6.45) is 0. The topological polar surface area (TPSA) is 7.68 Å². The fourth-order valence-corrected chi connectivity index (χ4v) is 5.10. The van der Waals surface area contributed by atoms with Crippen molar-refractivity contribution in [2.75, 3.05) is 24.7 Å². The Kier molecular flexibility index (Phi) is 9.64. The van der Waals surface area contributed by atoms with Gasteiger partial charge in [-0.1, -0.05) is 79.7 Å². The molecule has 0 bridgehead atoms. The molecule has 1 aliphatic heterocycles. The molecule has 1 atom stereocenters. The first kappa shape index (κ1) is 28.2. The second kappa shape index (κ2) is 11.6. The van der Waals surface area contributed by atoms with Crippen molar-refractivity contribution in [1.29, 1.82) is 0 Å². The molecule has 34 heavy (non-hydrogen) atoms. The van der Waals surface area contributed by atoms with E-state index in [1.54, 1.807) is 16.0 Å². The van der Waals surface area contributed by atoms with Crippen molar-refractivity contribution in [3.8, 4) is 0 Å². The first-order valence-electron chi connectivity index (χ1n) is 12.4.